The molecule has 7 nitrogen and oxygen atoms in total. The molecule has 0 saturated carbocycles. The lowest BCUT2D eigenvalue weighted by Crippen LogP contribution is -2.42. The summed E-state index contributed by atoms with van der Waals surface area (Å²) in [6, 6.07) is 19.7. The maximum absolute atomic E-state index is 13.0. The van der Waals surface area contributed by atoms with Gasteiger partial charge in [-0.15, -0.1) is 0 Å². The Labute approximate surface area is 183 Å². The van der Waals surface area contributed by atoms with Gasteiger partial charge in [0.05, 0.1) is 34.8 Å². The van der Waals surface area contributed by atoms with E-state index in [1.54, 1.807) is 6.07 Å². The van der Waals surface area contributed by atoms with E-state index >= 15 is 0 Å². The smallest absolute Gasteiger partial charge is 0.269 e. The van der Waals surface area contributed by atoms with Crippen molar-refractivity contribution in [2.24, 2.45) is 4.99 Å². The van der Waals surface area contributed by atoms with E-state index in [2.05, 4.69) is 15.6 Å². The fraction of sp³-hybridized carbons (Fsp3) is 0.0870. The number of fused-ring (bicyclic) bond motifs is 1. The molecular formula is C23H19ClN4O3. The molecule has 0 saturated heterocycles. The van der Waals surface area contributed by atoms with Gasteiger partial charge in [-0.05, 0) is 12.1 Å². The van der Waals surface area contributed by atoms with Gasteiger partial charge in [0.1, 0.15) is 5.75 Å². The summed E-state index contributed by atoms with van der Waals surface area (Å²) in [5.41, 5.74) is 8.99. The quantitative estimate of drug-likeness (QED) is 0.546. The van der Waals surface area contributed by atoms with Crippen molar-refractivity contribution in [2.45, 2.75) is 6.17 Å². The topological polar surface area (TPSA) is 106 Å². The summed E-state index contributed by atoms with van der Waals surface area (Å²) >= 11 is 6.08. The van der Waals surface area contributed by atoms with Crippen LogP contribution in [-0.4, -0.2) is 30.8 Å². The van der Waals surface area contributed by atoms with E-state index in [0.717, 1.165) is 11.1 Å². The highest BCUT2D eigenvalue weighted by Gasteiger charge is 2.28. The molecule has 2 amide bonds. The van der Waals surface area contributed by atoms with E-state index in [1.165, 1.54) is 19.2 Å². The van der Waals surface area contributed by atoms with Crippen molar-refractivity contribution in [3.8, 4) is 5.75 Å². The first-order chi connectivity index (χ1) is 15.0. The van der Waals surface area contributed by atoms with Crippen LogP contribution in [0.4, 0.5) is 11.4 Å². The van der Waals surface area contributed by atoms with Crippen LogP contribution in [0.5, 0.6) is 5.75 Å². The van der Waals surface area contributed by atoms with Gasteiger partial charge < -0.3 is 21.1 Å². The Hall–Kier alpha value is -3.84. The number of rotatable bonds is 4. The van der Waals surface area contributed by atoms with Crippen LogP contribution in [0.15, 0.2) is 71.7 Å². The van der Waals surface area contributed by atoms with Gasteiger partial charge in [-0.3, -0.25) is 9.59 Å². The van der Waals surface area contributed by atoms with Gasteiger partial charge in [-0.1, -0.05) is 60.1 Å². The zero-order valence-corrected chi connectivity index (χ0v) is 17.3. The van der Waals surface area contributed by atoms with E-state index in [4.69, 9.17) is 22.1 Å². The van der Waals surface area contributed by atoms with E-state index in [0.29, 0.717) is 11.4 Å². The van der Waals surface area contributed by atoms with Crippen LogP contribution in [0.2, 0.25) is 5.02 Å². The molecule has 0 fully saturated rings. The summed E-state index contributed by atoms with van der Waals surface area (Å²) in [6.45, 7) is 0. The molecular weight excluding hydrogens is 416 g/mol. The summed E-state index contributed by atoms with van der Waals surface area (Å²) in [6.07, 6.45) is -1.17. The number of nitrogens with one attached hydrogen (secondary N) is 2. The molecule has 0 aliphatic carbocycles. The number of aliphatic imine (C=N–C) groups is 1. The summed E-state index contributed by atoms with van der Waals surface area (Å²) < 4.78 is 5.25. The number of nitrogen functional groups attached to an aromatic ring is 1. The molecule has 8 heteroatoms. The minimum Gasteiger partial charge on any atom is -0.496 e. The number of nitrogens with two attached hydrogens (primary N) is 1. The lowest BCUT2D eigenvalue weighted by molar-refractivity contribution is -0.117. The van der Waals surface area contributed by atoms with Crippen LogP contribution < -0.4 is 21.1 Å². The van der Waals surface area contributed by atoms with Crippen molar-refractivity contribution in [3.05, 3.63) is 88.4 Å². The fourth-order valence-corrected chi connectivity index (χ4v) is 3.46. The van der Waals surface area contributed by atoms with Crippen LogP contribution in [0.25, 0.3) is 0 Å². The number of para-hydroxylation sites is 1. The molecule has 156 valence electrons. The van der Waals surface area contributed by atoms with Crippen molar-refractivity contribution in [1.29, 1.82) is 0 Å². The third-order valence-corrected chi connectivity index (χ3v) is 5.15. The number of amides is 2. The molecule has 0 aromatic heterocycles. The van der Waals surface area contributed by atoms with Crippen molar-refractivity contribution in [2.75, 3.05) is 18.2 Å². The first-order valence-electron chi connectivity index (χ1n) is 9.45. The number of carbonyl (C=O) groups is 2. The standard InChI is InChI=1S/C23H19ClN4O3/c1-31-19-12-17(25)16(24)11-15(19)22(29)28-21-23(30)26-18-10-6-5-9-14(18)20(27-21)13-7-3-2-4-8-13/h2-12,21H,25H2,1H3,(H,26,30)(H,28,29). The first-order valence-corrected chi connectivity index (χ1v) is 9.83. The Morgan fingerprint density at radius 3 is 2.58 bits per heavy atom. The van der Waals surface area contributed by atoms with Crippen molar-refractivity contribution in [3.63, 3.8) is 0 Å². The molecule has 1 aliphatic heterocycles. The number of hydrogen-bond donors (Lipinski definition) is 3. The average molecular weight is 435 g/mol. The number of anilines is 2. The van der Waals surface area contributed by atoms with Crippen LogP contribution in [0.3, 0.4) is 0 Å². The highest BCUT2D eigenvalue weighted by Crippen LogP contribution is 2.29. The predicted octanol–water partition coefficient (Wildman–Crippen LogP) is 3.48. The van der Waals surface area contributed by atoms with Gasteiger partial charge in [-0.25, -0.2) is 4.99 Å². The molecule has 1 unspecified atom stereocenters. The first kappa shape index (κ1) is 20.4. The number of methoxy groups -OCH3 is 1. The number of ether oxygens (including phenoxy) is 1. The maximum atomic E-state index is 13.0. The molecule has 0 spiro atoms. The van der Waals surface area contributed by atoms with Gasteiger partial charge in [-0.2, -0.15) is 0 Å². The van der Waals surface area contributed by atoms with E-state index in [9.17, 15) is 9.59 Å². The Morgan fingerprint density at radius 1 is 1.13 bits per heavy atom. The Morgan fingerprint density at radius 2 is 1.84 bits per heavy atom. The molecule has 4 N–H and O–H groups in total. The maximum Gasteiger partial charge on any atom is 0.269 e. The average Bonchev–Trinajstić information content (AvgIpc) is 2.92. The predicted molar refractivity (Wildman–Crippen MR) is 121 cm³/mol. The minimum atomic E-state index is -1.17. The monoisotopic (exact) mass is 434 g/mol. The molecule has 1 heterocycles. The zero-order valence-electron chi connectivity index (χ0n) is 16.6. The van der Waals surface area contributed by atoms with Crippen LogP contribution in [-0.2, 0) is 4.79 Å². The number of benzodiazepines with no additional fused rings is 1. The highest BCUT2D eigenvalue weighted by atomic mass is 35.5. The van der Waals surface area contributed by atoms with Crippen LogP contribution >= 0.6 is 11.6 Å². The number of nitrogens with zero attached hydrogens (tertiary/aromatic N) is 1. The number of benzene rings is 3. The molecule has 3 aromatic carbocycles. The molecule has 1 aliphatic rings. The molecule has 0 bridgehead atoms. The van der Waals surface area contributed by atoms with Gasteiger partial charge in [0.2, 0.25) is 6.17 Å². The van der Waals surface area contributed by atoms with Crippen molar-refractivity contribution in [1.82, 2.24) is 5.32 Å². The van der Waals surface area contributed by atoms with Gasteiger partial charge >= 0.3 is 0 Å². The van der Waals surface area contributed by atoms with Crippen LogP contribution in [0.1, 0.15) is 21.5 Å². The molecule has 4 rings (SSSR count). The van der Waals surface area contributed by atoms with Gasteiger partial charge in [0.25, 0.3) is 11.8 Å². The van der Waals surface area contributed by atoms with Gasteiger partial charge in [0, 0.05) is 17.2 Å². The Bertz CT molecular complexity index is 1190. The van der Waals surface area contributed by atoms with Crippen LogP contribution in [0, 0.1) is 0 Å². The SMILES string of the molecule is COc1cc(N)c(Cl)cc1C(=O)NC1N=C(c2ccccc2)c2ccccc2NC1=O. The second-order valence-corrected chi connectivity index (χ2v) is 7.24. The summed E-state index contributed by atoms with van der Waals surface area (Å²) in [7, 11) is 1.42. The second kappa shape index (κ2) is 8.49. The summed E-state index contributed by atoms with van der Waals surface area (Å²) in [4.78, 5) is 30.5. The highest BCUT2D eigenvalue weighted by molar-refractivity contribution is 6.33. The third kappa shape index (κ3) is 4.08. The second-order valence-electron chi connectivity index (χ2n) is 6.83. The normalized spacial score (nSPS) is 15.2. The molecule has 31 heavy (non-hydrogen) atoms. The molecule has 1 atom stereocenters. The van der Waals surface area contributed by atoms with E-state index in [-0.39, 0.29) is 22.0 Å². The van der Waals surface area contributed by atoms with Gasteiger partial charge in [0.15, 0.2) is 0 Å². The van der Waals surface area contributed by atoms with Crippen molar-refractivity contribution < 1.29 is 14.3 Å². The largest absolute Gasteiger partial charge is 0.496 e. The third-order valence-electron chi connectivity index (χ3n) is 4.83. The molecule has 0 radical (unpaired) electrons. The Balaban J connectivity index is 1.74. The Kier molecular flexibility index (Phi) is 5.60. The van der Waals surface area contributed by atoms with E-state index < -0.39 is 18.0 Å². The number of carbonyl (C=O) groups excluding carboxylic acids is 2. The minimum absolute atomic E-state index is 0.146. The lowest BCUT2D eigenvalue weighted by atomic mass is 10.0. The number of halogens is 1. The lowest BCUT2D eigenvalue weighted by Gasteiger charge is -2.15. The summed E-state index contributed by atoms with van der Waals surface area (Å²) in [5, 5.41) is 5.70. The molecule has 3 aromatic rings. The number of hydrogen-bond acceptors (Lipinski definition) is 5. The summed E-state index contributed by atoms with van der Waals surface area (Å²) in [5.74, 6) is -0.794. The van der Waals surface area contributed by atoms with Crippen molar-refractivity contribution >= 4 is 40.5 Å². The zero-order chi connectivity index (χ0) is 22.0. The van der Waals surface area contributed by atoms with E-state index in [1.807, 2.05) is 48.5 Å². The fourth-order valence-electron chi connectivity index (χ4n) is 3.30.